The Balaban J connectivity index is 2.77. The van der Waals surface area contributed by atoms with Crippen LogP contribution in [0.2, 0.25) is 0 Å². The standard InChI is InChI=1S/C12H18N2O2S/c1-9(2)13(10(3)4)8-7-11-5-6-12(17-11)14(15)16/h5-10H,1-4H3/b8-7+. The molecule has 94 valence electrons. The lowest BCUT2D eigenvalue weighted by Crippen LogP contribution is -2.31. The Morgan fingerprint density at radius 1 is 1.29 bits per heavy atom. The summed E-state index contributed by atoms with van der Waals surface area (Å²) in [6.07, 6.45) is 3.93. The topological polar surface area (TPSA) is 46.4 Å². The van der Waals surface area contributed by atoms with Crippen molar-refractivity contribution in [1.82, 2.24) is 4.90 Å². The fraction of sp³-hybridized carbons (Fsp3) is 0.500. The Morgan fingerprint density at radius 2 is 1.88 bits per heavy atom. The maximum Gasteiger partial charge on any atom is 0.324 e. The number of nitro groups is 1. The van der Waals surface area contributed by atoms with Gasteiger partial charge in [0, 0.05) is 29.2 Å². The predicted molar refractivity (Wildman–Crippen MR) is 72.1 cm³/mol. The third kappa shape index (κ3) is 3.85. The van der Waals surface area contributed by atoms with Crippen molar-refractivity contribution in [3.05, 3.63) is 33.3 Å². The minimum Gasteiger partial charge on any atom is -0.373 e. The van der Waals surface area contributed by atoms with Gasteiger partial charge >= 0.3 is 5.00 Å². The number of nitrogens with zero attached hydrogens (tertiary/aromatic N) is 2. The molecule has 1 aromatic rings. The molecule has 4 nitrogen and oxygen atoms in total. The van der Waals surface area contributed by atoms with Crippen molar-refractivity contribution >= 4 is 22.4 Å². The van der Waals surface area contributed by atoms with Crippen LogP contribution in [-0.2, 0) is 0 Å². The largest absolute Gasteiger partial charge is 0.373 e. The van der Waals surface area contributed by atoms with Crippen molar-refractivity contribution in [2.75, 3.05) is 0 Å². The van der Waals surface area contributed by atoms with E-state index < -0.39 is 0 Å². The molecule has 0 unspecified atom stereocenters. The maximum absolute atomic E-state index is 10.6. The molecule has 1 aromatic heterocycles. The molecule has 0 spiro atoms. The molecule has 0 saturated carbocycles. The summed E-state index contributed by atoms with van der Waals surface area (Å²) in [5.41, 5.74) is 0. The van der Waals surface area contributed by atoms with Gasteiger partial charge in [-0.1, -0.05) is 11.3 Å². The van der Waals surface area contributed by atoms with Gasteiger partial charge in [0.25, 0.3) is 0 Å². The van der Waals surface area contributed by atoms with Crippen molar-refractivity contribution in [3.63, 3.8) is 0 Å². The molecule has 0 N–H and O–H groups in total. The fourth-order valence-corrected chi connectivity index (χ4v) is 2.35. The van der Waals surface area contributed by atoms with Crippen molar-refractivity contribution in [2.24, 2.45) is 0 Å². The third-order valence-electron chi connectivity index (χ3n) is 2.40. The smallest absolute Gasteiger partial charge is 0.324 e. The molecule has 1 rings (SSSR count). The van der Waals surface area contributed by atoms with Crippen molar-refractivity contribution in [2.45, 2.75) is 39.8 Å². The second-order valence-electron chi connectivity index (χ2n) is 4.38. The molecule has 0 saturated heterocycles. The number of hydrogen-bond donors (Lipinski definition) is 0. The van der Waals surface area contributed by atoms with Crippen LogP contribution in [0.15, 0.2) is 18.3 Å². The zero-order valence-corrected chi connectivity index (χ0v) is 11.4. The summed E-state index contributed by atoms with van der Waals surface area (Å²) in [4.78, 5) is 13.3. The summed E-state index contributed by atoms with van der Waals surface area (Å²) in [5, 5.41) is 10.7. The van der Waals surface area contributed by atoms with Crippen molar-refractivity contribution < 1.29 is 4.92 Å². The first-order valence-corrected chi connectivity index (χ1v) is 6.43. The van der Waals surface area contributed by atoms with Crippen LogP contribution in [0.1, 0.15) is 32.6 Å². The highest BCUT2D eigenvalue weighted by atomic mass is 32.1. The zero-order chi connectivity index (χ0) is 13.0. The Kier molecular flexibility index (Phi) is 4.69. The van der Waals surface area contributed by atoms with E-state index in [0.29, 0.717) is 12.1 Å². The Morgan fingerprint density at radius 3 is 2.29 bits per heavy atom. The molecule has 1 heterocycles. The van der Waals surface area contributed by atoms with Gasteiger partial charge in [-0.25, -0.2) is 0 Å². The van der Waals surface area contributed by atoms with Gasteiger partial charge in [0.2, 0.25) is 0 Å². The Bertz CT molecular complexity index is 402. The summed E-state index contributed by atoms with van der Waals surface area (Å²) < 4.78 is 0. The molecule has 0 amide bonds. The summed E-state index contributed by atoms with van der Waals surface area (Å²) in [6.45, 7) is 8.50. The first-order valence-electron chi connectivity index (χ1n) is 5.61. The van der Waals surface area contributed by atoms with Gasteiger partial charge in [-0.05, 0) is 39.8 Å². The van der Waals surface area contributed by atoms with Gasteiger partial charge in [0.05, 0.1) is 4.92 Å². The SMILES string of the molecule is CC(C)N(/C=C/c1ccc([N+](=O)[O-])s1)C(C)C. The fourth-order valence-electron chi connectivity index (χ4n) is 1.63. The molecule has 0 aliphatic rings. The summed E-state index contributed by atoms with van der Waals surface area (Å²) in [6, 6.07) is 4.15. The van der Waals surface area contributed by atoms with Crippen LogP contribution in [-0.4, -0.2) is 21.9 Å². The van der Waals surface area contributed by atoms with Gasteiger partial charge < -0.3 is 4.90 Å². The van der Waals surface area contributed by atoms with E-state index in [1.807, 2.05) is 12.3 Å². The first-order chi connectivity index (χ1) is 7.91. The second-order valence-corrected chi connectivity index (χ2v) is 5.48. The minimum absolute atomic E-state index is 0.185. The zero-order valence-electron chi connectivity index (χ0n) is 10.6. The molecule has 0 aromatic carbocycles. The van der Waals surface area contributed by atoms with Crippen LogP contribution in [0.4, 0.5) is 5.00 Å². The lowest BCUT2D eigenvalue weighted by atomic mass is 10.2. The van der Waals surface area contributed by atoms with Crippen LogP contribution in [0.3, 0.4) is 0 Å². The lowest BCUT2D eigenvalue weighted by Gasteiger charge is -2.29. The summed E-state index contributed by atoms with van der Waals surface area (Å²) in [7, 11) is 0. The predicted octanol–water partition coefficient (Wildman–Crippen LogP) is 3.75. The summed E-state index contributed by atoms with van der Waals surface area (Å²) in [5.74, 6) is 0. The number of hydrogen-bond acceptors (Lipinski definition) is 4. The highest BCUT2D eigenvalue weighted by Gasteiger charge is 2.10. The molecule has 5 heteroatoms. The summed E-state index contributed by atoms with van der Waals surface area (Å²) >= 11 is 1.19. The van der Waals surface area contributed by atoms with E-state index in [1.54, 1.807) is 12.1 Å². The van der Waals surface area contributed by atoms with E-state index in [0.717, 1.165) is 4.88 Å². The Hall–Kier alpha value is -1.36. The van der Waals surface area contributed by atoms with Gasteiger partial charge in [-0.2, -0.15) is 0 Å². The van der Waals surface area contributed by atoms with E-state index in [4.69, 9.17) is 0 Å². The van der Waals surface area contributed by atoms with E-state index in [9.17, 15) is 10.1 Å². The van der Waals surface area contributed by atoms with Gasteiger partial charge in [-0.3, -0.25) is 10.1 Å². The molecule has 0 radical (unpaired) electrons. The minimum atomic E-state index is -0.356. The quantitative estimate of drug-likeness (QED) is 0.594. The van der Waals surface area contributed by atoms with E-state index in [1.165, 1.54) is 11.3 Å². The third-order valence-corrected chi connectivity index (χ3v) is 3.40. The normalized spacial score (nSPS) is 11.6. The average molecular weight is 254 g/mol. The molecular weight excluding hydrogens is 236 g/mol. The van der Waals surface area contributed by atoms with Gasteiger partial charge in [0.1, 0.15) is 0 Å². The Labute approximate surface area is 106 Å². The van der Waals surface area contributed by atoms with Crippen LogP contribution >= 0.6 is 11.3 Å². The van der Waals surface area contributed by atoms with Crippen LogP contribution in [0.25, 0.3) is 6.08 Å². The monoisotopic (exact) mass is 254 g/mol. The van der Waals surface area contributed by atoms with Crippen molar-refractivity contribution in [1.29, 1.82) is 0 Å². The molecule has 17 heavy (non-hydrogen) atoms. The molecule has 0 atom stereocenters. The van der Waals surface area contributed by atoms with Crippen LogP contribution in [0, 0.1) is 10.1 Å². The highest BCUT2D eigenvalue weighted by molar-refractivity contribution is 7.16. The second kappa shape index (κ2) is 5.82. The van der Waals surface area contributed by atoms with E-state index >= 15 is 0 Å². The van der Waals surface area contributed by atoms with Crippen LogP contribution < -0.4 is 0 Å². The highest BCUT2D eigenvalue weighted by Crippen LogP contribution is 2.25. The van der Waals surface area contributed by atoms with Crippen LogP contribution in [0.5, 0.6) is 0 Å². The van der Waals surface area contributed by atoms with E-state index in [2.05, 4.69) is 32.6 Å². The molecule has 0 aliphatic carbocycles. The van der Waals surface area contributed by atoms with E-state index in [-0.39, 0.29) is 9.92 Å². The maximum atomic E-state index is 10.6. The number of thiophene rings is 1. The molecule has 0 fully saturated rings. The number of rotatable bonds is 5. The average Bonchev–Trinajstić information content (AvgIpc) is 2.65. The van der Waals surface area contributed by atoms with Gasteiger partial charge in [-0.15, -0.1) is 0 Å². The van der Waals surface area contributed by atoms with Crippen molar-refractivity contribution in [3.8, 4) is 0 Å². The molecule has 0 aliphatic heterocycles. The molecule has 0 bridgehead atoms. The van der Waals surface area contributed by atoms with Gasteiger partial charge in [0.15, 0.2) is 0 Å². The first kappa shape index (κ1) is 13.7. The lowest BCUT2D eigenvalue weighted by molar-refractivity contribution is -0.380. The molecular formula is C12H18N2O2S.